The fourth-order valence-corrected chi connectivity index (χ4v) is 3.78. The Labute approximate surface area is 139 Å². The number of nitrogens with one attached hydrogen (secondary N) is 1. The third kappa shape index (κ3) is 5.55. The minimum Gasteiger partial charge on any atom is -0.462 e. The Morgan fingerprint density at radius 1 is 1.32 bits per heavy atom. The number of aryl methyl sites for hydroxylation is 1. The molecule has 0 bridgehead atoms. The van der Waals surface area contributed by atoms with Crippen LogP contribution in [0.15, 0.2) is 39.7 Å². The normalized spacial score (nSPS) is 13.0. The lowest BCUT2D eigenvalue weighted by Gasteiger charge is -2.22. The van der Waals surface area contributed by atoms with Gasteiger partial charge in [-0.05, 0) is 61.8 Å². The summed E-state index contributed by atoms with van der Waals surface area (Å²) in [5.41, 5.74) is 0.0122. The molecule has 0 heterocycles. The van der Waals surface area contributed by atoms with Gasteiger partial charge in [0.2, 0.25) is 10.0 Å². The highest BCUT2D eigenvalue weighted by atomic mass is 79.9. The van der Waals surface area contributed by atoms with Gasteiger partial charge >= 0.3 is 5.97 Å². The average Bonchev–Trinajstić information content (AvgIpc) is 2.37. The van der Waals surface area contributed by atoms with Crippen molar-refractivity contribution in [3.63, 3.8) is 0 Å². The molecular weight excluding hydrogens is 370 g/mol. The Bertz CT molecular complexity index is 663. The van der Waals surface area contributed by atoms with E-state index >= 15 is 0 Å². The minimum absolute atomic E-state index is 0.172. The highest BCUT2D eigenvalue weighted by molar-refractivity contribution is 9.12. The molecule has 0 spiro atoms. The van der Waals surface area contributed by atoms with E-state index in [2.05, 4.69) is 20.7 Å². The number of carbonyl (C=O) groups is 1. The maximum Gasteiger partial charge on any atom is 0.344 e. The molecule has 1 rings (SSSR count). The Morgan fingerprint density at radius 2 is 1.86 bits per heavy atom. The van der Waals surface area contributed by atoms with E-state index in [4.69, 9.17) is 4.74 Å². The van der Waals surface area contributed by atoms with Gasteiger partial charge in [0.1, 0.15) is 4.48 Å². The van der Waals surface area contributed by atoms with Crippen molar-refractivity contribution in [2.45, 2.75) is 38.1 Å². The van der Waals surface area contributed by atoms with Crippen molar-refractivity contribution in [3.05, 3.63) is 40.4 Å². The van der Waals surface area contributed by atoms with E-state index < -0.39 is 21.5 Å². The van der Waals surface area contributed by atoms with Crippen LogP contribution in [0.4, 0.5) is 0 Å². The molecule has 0 fully saturated rings. The number of carbonyl (C=O) groups excluding carboxylic acids is 1. The Kier molecular flexibility index (Phi) is 6.34. The maximum absolute atomic E-state index is 12.4. The zero-order valence-corrected chi connectivity index (χ0v) is 15.4. The van der Waals surface area contributed by atoms with Crippen molar-refractivity contribution < 1.29 is 17.9 Å². The van der Waals surface area contributed by atoms with E-state index in [-0.39, 0.29) is 16.0 Å². The standard InChI is InChI=1S/C15H20BrNO4S/c1-5-21-14(18)13(16)10-15(3,4)17-22(19,20)12-8-6-11(2)7-9-12/h6-10,17H,5H2,1-4H3/b13-10-. The van der Waals surface area contributed by atoms with Gasteiger partial charge in [-0.1, -0.05) is 17.7 Å². The highest BCUT2D eigenvalue weighted by Gasteiger charge is 2.26. The molecule has 0 radical (unpaired) electrons. The van der Waals surface area contributed by atoms with Gasteiger partial charge in [-0.25, -0.2) is 17.9 Å². The lowest BCUT2D eigenvalue weighted by atomic mass is 10.1. The molecule has 0 aromatic heterocycles. The summed E-state index contributed by atoms with van der Waals surface area (Å²) in [5, 5.41) is 0. The van der Waals surface area contributed by atoms with Crippen LogP contribution in [0.3, 0.4) is 0 Å². The maximum atomic E-state index is 12.4. The minimum atomic E-state index is -3.69. The second kappa shape index (κ2) is 7.39. The van der Waals surface area contributed by atoms with Crippen molar-refractivity contribution in [1.29, 1.82) is 0 Å². The van der Waals surface area contributed by atoms with Gasteiger partial charge in [-0.15, -0.1) is 0 Å². The average molecular weight is 390 g/mol. The topological polar surface area (TPSA) is 72.5 Å². The Balaban J connectivity index is 2.97. The van der Waals surface area contributed by atoms with Crippen LogP contribution in [0.5, 0.6) is 0 Å². The molecule has 5 nitrogen and oxygen atoms in total. The van der Waals surface area contributed by atoms with Crippen molar-refractivity contribution in [3.8, 4) is 0 Å². The van der Waals surface area contributed by atoms with Crippen LogP contribution in [0.2, 0.25) is 0 Å². The number of rotatable bonds is 6. The number of esters is 1. The highest BCUT2D eigenvalue weighted by Crippen LogP contribution is 2.19. The van der Waals surface area contributed by atoms with Crippen LogP contribution < -0.4 is 4.72 Å². The van der Waals surface area contributed by atoms with Crippen LogP contribution in [-0.4, -0.2) is 26.5 Å². The SMILES string of the molecule is CCOC(=O)/C(Br)=C/C(C)(C)NS(=O)(=O)c1ccc(C)cc1. The van der Waals surface area contributed by atoms with Crippen LogP contribution >= 0.6 is 15.9 Å². The quantitative estimate of drug-likeness (QED) is 0.599. The predicted molar refractivity (Wildman–Crippen MR) is 89.2 cm³/mol. The third-order valence-corrected chi connectivity index (χ3v) is 4.93. The van der Waals surface area contributed by atoms with Crippen molar-refractivity contribution in [2.24, 2.45) is 0 Å². The Hall–Kier alpha value is -1.18. The summed E-state index contributed by atoms with van der Waals surface area (Å²) in [5.74, 6) is -0.537. The van der Waals surface area contributed by atoms with Gasteiger partial charge in [0.05, 0.1) is 11.5 Å². The summed E-state index contributed by atoms with van der Waals surface area (Å²) >= 11 is 3.11. The van der Waals surface area contributed by atoms with Crippen LogP contribution in [-0.2, 0) is 19.6 Å². The second-order valence-corrected chi connectivity index (χ2v) is 7.89. The molecule has 1 aromatic rings. The molecule has 1 aromatic carbocycles. The molecule has 0 amide bonds. The second-order valence-electron chi connectivity index (χ2n) is 5.35. The lowest BCUT2D eigenvalue weighted by molar-refractivity contribution is -0.137. The predicted octanol–water partition coefficient (Wildman–Crippen LogP) is 2.89. The molecule has 0 aliphatic carbocycles. The Morgan fingerprint density at radius 3 is 2.36 bits per heavy atom. The van der Waals surface area contributed by atoms with Crippen molar-refractivity contribution in [2.75, 3.05) is 6.61 Å². The fourth-order valence-electron chi connectivity index (χ4n) is 1.73. The van der Waals surface area contributed by atoms with Gasteiger partial charge in [-0.2, -0.15) is 0 Å². The van der Waals surface area contributed by atoms with Crippen LogP contribution in [0.25, 0.3) is 0 Å². The van der Waals surface area contributed by atoms with Crippen molar-refractivity contribution in [1.82, 2.24) is 4.72 Å². The first kappa shape index (κ1) is 18.9. The molecular formula is C15H20BrNO4S. The molecule has 7 heteroatoms. The van der Waals surface area contributed by atoms with Gasteiger partial charge in [0.25, 0.3) is 0 Å². The first-order chi connectivity index (χ1) is 10.1. The summed E-state index contributed by atoms with van der Waals surface area (Å²) in [6.07, 6.45) is 1.47. The zero-order valence-electron chi connectivity index (χ0n) is 13.0. The number of sulfonamides is 1. The smallest absolute Gasteiger partial charge is 0.344 e. The van der Waals surface area contributed by atoms with E-state index in [0.29, 0.717) is 0 Å². The molecule has 0 unspecified atom stereocenters. The monoisotopic (exact) mass is 389 g/mol. The zero-order chi connectivity index (χ0) is 17.0. The van der Waals surface area contributed by atoms with Gasteiger partial charge in [0.15, 0.2) is 0 Å². The van der Waals surface area contributed by atoms with Crippen LogP contribution in [0.1, 0.15) is 26.3 Å². The number of ether oxygens (including phenoxy) is 1. The fraction of sp³-hybridized carbons (Fsp3) is 0.400. The number of halogens is 1. The van der Waals surface area contributed by atoms with E-state index in [1.165, 1.54) is 18.2 Å². The molecule has 0 atom stereocenters. The van der Waals surface area contributed by atoms with E-state index in [9.17, 15) is 13.2 Å². The van der Waals surface area contributed by atoms with Gasteiger partial charge in [0, 0.05) is 5.54 Å². The number of hydrogen-bond donors (Lipinski definition) is 1. The van der Waals surface area contributed by atoms with Crippen LogP contribution in [0, 0.1) is 6.92 Å². The molecule has 0 aliphatic heterocycles. The van der Waals surface area contributed by atoms with Crippen molar-refractivity contribution >= 4 is 31.9 Å². The largest absolute Gasteiger partial charge is 0.462 e. The molecule has 1 N–H and O–H groups in total. The van der Waals surface area contributed by atoms with E-state index in [1.54, 1.807) is 32.9 Å². The number of benzene rings is 1. The molecule has 0 aliphatic rings. The summed E-state index contributed by atoms with van der Waals surface area (Å²) in [4.78, 5) is 11.8. The summed E-state index contributed by atoms with van der Waals surface area (Å²) in [6, 6.07) is 6.54. The van der Waals surface area contributed by atoms with E-state index in [1.807, 2.05) is 6.92 Å². The lowest BCUT2D eigenvalue weighted by Crippen LogP contribution is -2.42. The number of hydrogen-bond acceptors (Lipinski definition) is 4. The first-order valence-corrected chi connectivity index (χ1v) is 9.01. The third-order valence-electron chi connectivity index (χ3n) is 2.69. The van der Waals surface area contributed by atoms with Gasteiger partial charge < -0.3 is 4.74 Å². The molecule has 0 saturated heterocycles. The molecule has 22 heavy (non-hydrogen) atoms. The summed E-state index contributed by atoms with van der Waals surface area (Å²) in [6.45, 7) is 7.13. The summed E-state index contributed by atoms with van der Waals surface area (Å²) in [7, 11) is -3.69. The van der Waals surface area contributed by atoms with Gasteiger partial charge in [-0.3, -0.25) is 0 Å². The summed E-state index contributed by atoms with van der Waals surface area (Å²) < 4.78 is 32.3. The van der Waals surface area contributed by atoms with E-state index in [0.717, 1.165) is 5.56 Å². The first-order valence-electron chi connectivity index (χ1n) is 6.73. The molecule has 0 saturated carbocycles. The molecule has 122 valence electrons.